The van der Waals surface area contributed by atoms with E-state index in [0.29, 0.717) is 24.3 Å². The SMILES string of the molecule is Cc1sc2nc(CN3CCN(CC(=O)NC4(C#N)CCCC4)CC3)[nH]c(=O)c2c1C. The number of H-pyrrole nitrogens is 1. The van der Waals surface area contributed by atoms with Gasteiger partial charge < -0.3 is 10.3 Å². The molecule has 0 aromatic carbocycles. The zero-order valence-electron chi connectivity index (χ0n) is 17.6. The first-order valence-electron chi connectivity index (χ1n) is 10.5. The van der Waals surface area contributed by atoms with Crippen molar-refractivity contribution in [2.24, 2.45) is 0 Å². The van der Waals surface area contributed by atoms with E-state index in [0.717, 1.165) is 67.1 Å². The Hall–Kier alpha value is -2.28. The Balaban J connectivity index is 1.31. The molecule has 8 nitrogen and oxygen atoms in total. The number of piperazine rings is 1. The second-order valence-electron chi connectivity index (χ2n) is 8.48. The maximum absolute atomic E-state index is 12.5. The Kier molecular flexibility index (Phi) is 5.91. The number of aryl methyl sites for hydroxylation is 2. The van der Waals surface area contributed by atoms with Crippen LogP contribution in [0.1, 0.15) is 41.9 Å². The Morgan fingerprint density at radius 2 is 1.90 bits per heavy atom. The van der Waals surface area contributed by atoms with Crippen molar-refractivity contribution < 1.29 is 4.79 Å². The van der Waals surface area contributed by atoms with E-state index < -0.39 is 5.54 Å². The molecular weight excluding hydrogens is 400 g/mol. The fourth-order valence-electron chi connectivity index (χ4n) is 4.44. The highest BCUT2D eigenvalue weighted by Crippen LogP contribution is 2.29. The number of hydrogen-bond acceptors (Lipinski definition) is 7. The molecule has 0 bridgehead atoms. The standard InChI is InChI=1S/C21H28N6O2S/c1-14-15(2)30-20-18(14)19(29)23-16(24-20)11-26-7-9-27(10-8-26)12-17(28)25-21(13-22)5-3-4-6-21/h3-12H2,1-2H3,(H,25,28)(H,23,24,29). The zero-order valence-corrected chi connectivity index (χ0v) is 18.4. The van der Waals surface area contributed by atoms with Gasteiger partial charge in [0, 0.05) is 31.1 Å². The van der Waals surface area contributed by atoms with Crippen LogP contribution >= 0.6 is 11.3 Å². The van der Waals surface area contributed by atoms with E-state index in [1.54, 1.807) is 11.3 Å². The number of aromatic amines is 1. The maximum Gasteiger partial charge on any atom is 0.259 e. The molecule has 2 fully saturated rings. The van der Waals surface area contributed by atoms with Crippen LogP contribution in [0.15, 0.2) is 4.79 Å². The minimum atomic E-state index is -0.659. The second-order valence-corrected chi connectivity index (χ2v) is 9.68. The van der Waals surface area contributed by atoms with Crippen molar-refractivity contribution in [1.82, 2.24) is 25.1 Å². The molecule has 1 saturated heterocycles. The lowest BCUT2D eigenvalue weighted by Crippen LogP contribution is -2.52. The molecule has 2 aromatic rings. The van der Waals surface area contributed by atoms with Crippen molar-refractivity contribution in [3.8, 4) is 6.07 Å². The molecule has 4 rings (SSSR count). The summed E-state index contributed by atoms with van der Waals surface area (Å²) < 4.78 is 0. The minimum absolute atomic E-state index is 0.0632. The smallest absolute Gasteiger partial charge is 0.259 e. The number of carbonyl (C=O) groups excluding carboxylic acids is 1. The highest BCUT2D eigenvalue weighted by molar-refractivity contribution is 7.18. The number of aromatic nitrogens is 2. The van der Waals surface area contributed by atoms with E-state index in [1.807, 2.05) is 13.8 Å². The van der Waals surface area contributed by atoms with Crippen molar-refractivity contribution >= 4 is 27.5 Å². The summed E-state index contributed by atoms with van der Waals surface area (Å²) in [5, 5.41) is 13.1. The molecule has 2 N–H and O–H groups in total. The normalized spacial score (nSPS) is 19.8. The third kappa shape index (κ3) is 4.26. The zero-order chi connectivity index (χ0) is 21.3. The van der Waals surface area contributed by atoms with Gasteiger partial charge in [0.05, 0.1) is 24.5 Å². The topological polar surface area (TPSA) is 105 Å². The third-order valence-corrected chi connectivity index (χ3v) is 7.44. The first kappa shape index (κ1) is 21.0. The van der Waals surface area contributed by atoms with Crippen LogP contribution in [0, 0.1) is 25.2 Å². The Morgan fingerprint density at radius 1 is 1.23 bits per heavy atom. The summed E-state index contributed by atoms with van der Waals surface area (Å²) in [4.78, 5) is 38.8. The van der Waals surface area contributed by atoms with Gasteiger partial charge in [0.15, 0.2) is 0 Å². The molecule has 1 amide bonds. The Labute approximate surface area is 179 Å². The van der Waals surface area contributed by atoms with Gasteiger partial charge in [-0.3, -0.25) is 19.4 Å². The van der Waals surface area contributed by atoms with Gasteiger partial charge in [-0.05, 0) is 45.1 Å². The fourth-order valence-corrected chi connectivity index (χ4v) is 5.49. The molecule has 3 heterocycles. The van der Waals surface area contributed by atoms with Gasteiger partial charge in [-0.2, -0.15) is 5.26 Å². The van der Waals surface area contributed by atoms with Gasteiger partial charge in [0.2, 0.25) is 5.91 Å². The summed E-state index contributed by atoms with van der Waals surface area (Å²) in [6, 6.07) is 2.31. The quantitative estimate of drug-likeness (QED) is 0.751. The number of nitriles is 1. The molecule has 160 valence electrons. The molecule has 1 saturated carbocycles. The Bertz CT molecular complexity index is 1040. The maximum atomic E-state index is 12.5. The molecule has 2 aromatic heterocycles. The van der Waals surface area contributed by atoms with Crippen LogP contribution in [-0.2, 0) is 11.3 Å². The minimum Gasteiger partial charge on any atom is -0.337 e. The van der Waals surface area contributed by atoms with E-state index in [4.69, 9.17) is 0 Å². The highest BCUT2D eigenvalue weighted by Gasteiger charge is 2.35. The number of thiophene rings is 1. The largest absolute Gasteiger partial charge is 0.337 e. The lowest BCUT2D eigenvalue weighted by atomic mass is 10.00. The van der Waals surface area contributed by atoms with Gasteiger partial charge in [0.25, 0.3) is 5.56 Å². The molecule has 1 aliphatic heterocycles. The molecule has 0 atom stereocenters. The lowest BCUT2D eigenvalue weighted by Gasteiger charge is -2.34. The average molecular weight is 429 g/mol. The van der Waals surface area contributed by atoms with Crippen molar-refractivity contribution in [2.75, 3.05) is 32.7 Å². The summed E-state index contributed by atoms with van der Waals surface area (Å²) in [6.07, 6.45) is 3.50. The lowest BCUT2D eigenvalue weighted by molar-refractivity contribution is -0.124. The van der Waals surface area contributed by atoms with E-state index >= 15 is 0 Å². The van der Waals surface area contributed by atoms with Crippen molar-refractivity contribution in [2.45, 2.75) is 51.6 Å². The Morgan fingerprint density at radius 3 is 2.57 bits per heavy atom. The first-order valence-corrected chi connectivity index (χ1v) is 11.4. The summed E-state index contributed by atoms with van der Waals surface area (Å²) in [5.41, 5.74) is 0.289. The molecule has 30 heavy (non-hydrogen) atoms. The van der Waals surface area contributed by atoms with Gasteiger partial charge in [-0.25, -0.2) is 4.98 Å². The van der Waals surface area contributed by atoms with Gasteiger partial charge in [0.1, 0.15) is 16.2 Å². The number of fused-ring (bicyclic) bond motifs is 1. The predicted molar refractivity (Wildman–Crippen MR) is 116 cm³/mol. The monoisotopic (exact) mass is 428 g/mol. The van der Waals surface area contributed by atoms with Crippen molar-refractivity contribution in [3.63, 3.8) is 0 Å². The van der Waals surface area contributed by atoms with E-state index in [1.165, 1.54) is 0 Å². The van der Waals surface area contributed by atoms with Crippen LogP contribution in [0.3, 0.4) is 0 Å². The number of amides is 1. The second kappa shape index (κ2) is 8.46. The van der Waals surface area contributed by atoms with E-state index in [2.05, 4.69) is 31.2 Å². The number of nitrogens with zero attached hydrogens (tertiary/aromatic N) is 4. The third-order valence-electron chi connectivity index (χ3n) is 6.34. The summed E-state index contributed by atoms with van der Waals surface area (Å²) in [6.45, 7) is 8.06. The molecule has 1 aliphatic carbocycles. The summed E-state index contributed by atoms with van der Waals surface area (Å²) in [5.74, 6) is 0.629. The number of rotatable bonds is 5. The number of nitrogens with one attached hydrogen (secondary N) is 2. The molecule has 2 aliphatic rings. The molecule has 0 spiro atoms. The first-order chi connectivity index (χ1) is 14.4. The van der Waals surface area contributed by atoms with Crippen LogP contribution in [0.2, 0.25) is 0 Å². The van der Waals surface area contributed by atoms with Crippen LogP contribution in [-0.4, -0.2) is 63.9 Å². The van der Waals surface area contributed by atoms with Crippen molar-refractivity contribution in [3.05, 3.63) is 26.6 Å². The van der Waals surface area contributed by atoms with Gasteiger partial charge in [-0.1, -0.05) is 0 Å². The predicted octanol–water partition coefficient (Wildman–Crippen LogP) is 1.67. The van der Waals surface area contributed by atoms with Crippen LogP contribution in [0.5, 0.6) is 0 Å². The summed E-state index contributed by atoms with van der Waals surface area (Å²) >= 11 is 1.57. The average Bonchev–Trinajstić information content (AvgIpc) is 3.28. The fraction of sp³-hybridized carbons (Fsp3) is 0.619. The summed E-state index contributed by atoms with van der Waals surface area (Å²) in [7, 11) is 0. The molecular formula is C21H28N6O2S. The van der Waals surface area contributed by atoms with Crippen LogP contribution < -0.4 is 10.9 Å². The number of carbonyl (C=O) groups is 1. The van der Waals surface area contributed by atoms with E-state index in [-0.39, 0.29) is 11.5 Å². The van der Waals surface area contributed by atoms with E-state index in [9.17, 15) is 14.9 Å². The molecule has 0 unspecified atom stereocenters. The molecule has 0 radical (unpaired) electrons. The van der Waals surface area contributed by atoms with Crippen LogP contribution in [0.25, 0.3) is 10.2 Å². The van der Waals surface area contributed by atoms with Gasteiger partial charge >= 0.3 is 0 Å². The number of hydrogen-bond donors (Lipinski definition) is 2. The van der Waals surface area contributed by atoms with Gasteiger partial charge in [-0.15, -0.1) is 11.3 Å². The highest BCUT2D eigenvalue weighted by atomic mass is 32.1. The van der Waals surface area contributed by atoms with Crippen molar-refractivity contribution in [1.29, 1.82) is 5.26 Å². The van der Waals surface area contributed by atoms with Crippen LogP contribution in [0.4, 0.5) is 0 Å². The molecule has 9 heteroatoms.